The number of rotatable bonds is 5. The second kappa shape index (κ2) is 9.23. The largest absolute Gasteiger partial charge is 0.458 e. The number of ether oxygens (including phenoxy) is 2. The van der Waals surface area contributed by atoms with E-state index in [-0.39, 0.29) is 0 Å². The lowest BCUT2D eigenvalue weighted by Gasteiger charge is -2.09. The maximum absolute atomic E-state index is 11.1. The Labute approximate surface area is 145 Å². The molecule has 20 heavy (non-hydrogen) atoms. The van der Waals surface area contributed by atoms with Gasteiger partial charge in [0.25, 0.3) is 0 Å². The lowest BCUT2D eigenvalue weighted by molar-refractivity contribution is -0.138. The van der Waals surface area contributed by atoms with Crippen molar-refractivity contribution in [2.24, 2.45) is 0 Å². The van der Waals surface area contributed by atoms with Gasteiger partial charge >= 0.3 is 11.9 Å². The molecule has 0 amide bonds. The van der Waals surface area contributed by atoms with E-state index in [4.69, 9.17) is 69.6 Å². The molecule has 0 aromatic carbocycles. The van der Waals surface area contributed by atoms with E-state index in [0.717, 1.165) is 12.2 Å². The number of halogens is 6. The Morgan fingerprint density at radius 1 is 0.750 bits per heavy atom. The quantitative estimate of drug-likeness (QED) is 0.301. The molecule has 0 saturated carbocycles. The molecule has 10 heteroatoms. The second-order valence-corrected chi connectivity index (χ2v) is 8.20. The minimum Gasteiger partial charge on any atom is -0.458 e. The molecule has 0 aliphatic heterocycles. The van der Waals surface area contributed by atoms with Crippen molar-refractivity contribution in [1.29, 1.82) is 0 Å². The van der Waals surface area contributed by atoms with Crippen LogP contribution in [0.15, 0.2) is 24.3 Å². The number of alkyl halides is 6. The van der Waals surface area contributed by atoms with Crippen molar-refractivity contribution in [2.45, 2.75) is 7.59 Å². The predicted octanol–water partition coefficient (Wildman–Crippen LogP) is 3.93. The number of hydrogen-bond acceptors (Lipinski definition) is 4. The van der Waals surface area contributed by atoms with Crippen LogP contribution in [0.1, 0.15) is 0 Å². The van der Waals surface area contributed by atoms with E-state index in [2.05, 4.69) is 9.47 Å². The third-order valence-electron chi connectivity index (χ3n) is 1.33. The van der Waals surface area contributed by atoms with Gasteiger partial charge in [0.1, 0.15) is 13.2 Å². The van der Waals surface area contributed by atoms with Gasteiger partial charge in [-0.25, -0.2) is 9.59 Å². The lowest BCUT2D eigenvalue weighted by atomic mass is 10.4. The van der Waals surface area contributed by atoms with E-state index in [1.165, 1.54) is 12.2 Å². The van der Waals surface area contributed by atoms with Crippen molar-refractivity contribution in [3.8, 4) is 0 Å². The minimum atomic E-state index is -1.68. The maximum atomic E-state index is 11.1. The molecule has 4 nitrogen and oxygen atoms in total. The molecule has 0 radical (unpaired) electrons. The van der Waals surface area contributed by atoms with Gasteiger partial charge < -0.3 is 9.47 Å². The standard InChI is InChI=1S/C10H8Cl6O4/c11-9(12,13)5-19-7(17)3-1-2-4-8(18)20-6-10(14,15)16/h1-4H,5-6H2/b3-1-,4-2-. The molecule has 0 fully saturated rings. The van der Waals surface area contributed by atoms with Crippen LogP contribution < -0.4 is 0 Å². The molecule has 0 aliphatic carbocycles. The van der Waals surface area contributed by atoms with E-state index in [9.17, 15) is 9.59 Å². The van der Waals surface area contributed by atoms with Crippen molar-refractivity contribution >= 4 is 81.5 Å². The smallest absolute Gasteiger partial charge is 0.330 e. The first-order valence-electron chi connectivity index (χ1n) is 4.81. The Balaban J connectivity index is 4.02. The summed E-state index contributed by atoms with van der Waals surface area (Å²) < 4.78 is 5.80. The molecule has 0 N–H and O–H groups in total. The summed E-state index contributed by atoms with van der Waals surface area (Å²) in [6, 6.07) is 0. The first kappa shape index (κ1) is 20.2. The molecular weight excluding hydrogens is 397 g/mol. The maximum Gasteiger partial charge on any atom is 0.330 e. The van der Waals surface area contributed by atoms with E-state index < -0.39 is 32.7 Å². The molecule has 0 heterocycles. The number of allylic oxidation sites excluding steroid dienone is 2. The van der Waals surface area contributed by atoms with Crippen molar-refractivity contribution in [1.82, 2.24) is 0 Å². The monoisotopic (exact) mass is 402 g/mol. The van der Waals surface area contributed by atoms with Crippen LogP contribution in [-0.2, 0) is 19.1 Å². The zero-order valence-electron chi connectivity index (χ0n) is 9.62. The Morgan fingerprint density at radius 2 is 1.05 bits per heavy atom. The Morgan fingerprint density at radius 3 is 1.30 bits per heavy atom. The summed E-state index contributed by atoms with van der Waals surface area (Å²) in [4.78, 5) is 22.2. The van der Waals surface area contributed by atoms with Crippen LogP contribution in [0, 0.1) is 0 Å². The van der Waals surface area contributed by atoms with E-state index in [0.29, 0.717) is 0 Å². The van der Waals surface area contributed by atoms with Crippen LogP contribution in [0.5, 0.6) is 0 Å². The summed E-state index contributed by atoms with van der Waals surface area (Å²) in [6.07, 6.45) is 4.51. The molecule has 0 spiro atoms. The van der Waals surface area contributed by atoms with Crippen LogP contribution in [-0.4, -0.2) is 32.7 Å². The predicted molar refractivity (Wildman–Crippen MR) is 80.8 cm³/mol. The summed E-state index contributed by atoms with van der Waals surface area (Å²) >= 11 is 32.2. The average molecular weight is 405 g/mol. The molecule has 0 aliphatic rings. The van der Waals surface area contributed by atoms with Gasteiger partial charge in [0, 0.05) is 12.2 Å². The van der Waals surface area contributed by atoms with E-state index in [1.807, 2.05) is 0 Å². The highest BCUT2D eigenvalue weighted by Crippen LogP contribution is 2.26. The van der Waals surface area contributed by atoms with Crippen molar-refractivity contribution in [3.63, 3.8) is 0 Å². The van der Waals surface area contributed by atoms with Crippen LogP contribution in [0.4, 0.5) is 0 Å². The van der Waals surface area contributed by atoms with Gasteiger partial charge in [-0.3, -0.25) is 0 Å². The van der Waals surface area contributed by atoms with Gasteiger partial charge in [-0.15, -0.1) is 0 Å². The zero-order valence-corrected chi connectivity index (χ0v) is 14.2. The minimum absolute atomic E-state index is 0.393. The Kier molecular flexibility index (Phi) is 9.31. The highest BCUT2D eigenvalue weighted by molar-refractivity contribution is 6.68. The fourth-order valence-corrected chi connectivity index (χ4v) is 0.998. The van der Waals surface area contributed by atoms with Crippen molar-refractivity contribution in [2.75, 3.05) is 13.2 Å². The molecule has 0 bridgehead atoms. The van der Waals surface area contributed by atoms with Crippen molar-refractivity contribution < 1.29 is 19.1 Å². The normalized spacial score (nSPS) is 12.9. The fourth-order valence-electron chi connectivity index (χ4n) is 0.670. The Hall–Kier alpha value is 0.160. The van der Waals surface area contributed by atoms with Gasteiger partial charge in [-0.1, -0.05) is 81.8 Å². The third kappa shape index (κ3) is 14.6. The summed E-state index contributed by atoms with van der Waals surface area (Å²) in [5, 5.41) is 0. The first-order valence-corrected chi connectivity index (χ1v) is 7.08. The Bertz CT molecular complexity index is 356. The zero-order chi connectivity index (χ0) is 15.8. The number of carbonyl (C=O) groups excluding carboxylic acids is 2. The topological polar surface area (TPSA) is 52.6 Å². The first-order chi connectivity index (χ1) is 8.99. The molecular formula is C10H8Cl6O4. The van der Waals surface area contributed by atoms with E-state index >= 15 is 0 Å². The highest BCUT2D eigenvalue weighted by Gasteiger charge is 2.22. The van der Waals surface area contributed by atoms with Gasteiger partial charge in [0.2, 0.25) is 7.59 Å². The average Bonchev–Trinajstić information content (AvgIpc) is 2.27. The van der Waals surface area contributed by atoms with Gasteiger partial charge in [-0.05, 0) is 0 Å². The van der Waals surface area contributed by atoms with Gasteiger partial charge in [0.15, 0.2) is 0 Å². The number of hydrogen-bond donors (Lipinski definition) is 0. The highest BCUT2D eigenvalue weighted by atomic mass is 35.6. The summed E-state index contributed by atoms with van der Waals surface area (Å²) in [5.41, 5.74) is 0. The summed E-state index contributed by atoms with van der Waals surface area (Å²) in [7, 11) is 0. The molecule has 0 aromatic rings. The molecule has 0 atom stereocenters. The lowest BCUT2D eigenvalue weighted by Crippen LogP contribution is -2.16. The van der Waals surface area contributed by atoms with E-state index in [1.54, 1.807) is 0 Å². The van der Waals surface area contributed by atoms with Crippen molar-refractivity contribution in [3.05, 3.63) is 24.3 Å². The van der Waals surface area contributed by atoms with Gasteiger partial charge in [0.05, 0.1) is 0 Å². The second-order valence-electron chi connectivity index (χ2n) is 3.16. The third-order valence-corrected chi connectivity index (χ3v) is 1.99. The van der Waals surface area contributed by atoms with Crippen LogP contribution in [0.2, 0.25) is 0 Å². The summed E-state index contributed by atoms with van der Waals surface area (Å²) in [6.45, 7) is -0.786. The molecule has 0 aromatic heterocycles. The molecule has 0 saturated heterocycles. The fraction of sp³-hybridized carbons (Fsp3) is 0.400. The number of carbonyl (C=O) groups is 2. The van der Waals surface area contributed by atoms with Gasteiger partial charge in [-0.2, -0.15) is 0 Å². The molecule has 0 rings (SSSR count). The molecule has 114 valence electrons. The van der Waals surface area contributed by atoms with Crippen LogP contribution in [0.3, 0.4) is 0 Å². The SMILES string of the molecule is O=C(/C=C\C=C/C(=O)OCC(Cl)(Cl)Cl)OCC(Cl)(Cl)Cl. The summed E-state index contributed by atoms with van der Waals surface area (Å²) in [5.74, 6) is -1.48. The van der Waals surface area contributed by atoms with Crippen LogP contribution >= 0.6 is 69.6 Å². The molecule has 0 unspecified atom stereocenters. The number of esters is 2. The van der Waals surface area contributed by atoms with Crippen LogP contribution in [0.25, 0.3) is 0 Å².